The molecule has 1 aromatic carbocycles. The quantitative estimate of drug-likeness (QED) is 0.202. The summed E-state index contributed by atoms with van der Waals surface area (Å²) in [4.78, 5) is 59.5. The van der Waals surface area contributed by atoms with Crippen LogP contribution in [0.2, 0.25) is 0 Å². The molecule has 1 amide bonds. The largest absolute Gasteiger partial charge is 0.490 e. The van der Waals surface area contributed by atoms with Crippen LogP contribution in [0.1, 0.15) is 44.0 Å². The van der Waals surface area contributed by atoms with Crippen molar-refractivity contribution in [1.29, 1.82) is 0 Å². The van der Waals surface area contributed by atoms with E-state index in [1.165, 1.54) is 0 Å². The molecule has 1 atom stereocenters. The summed E-state index contributed by atoms with van der Waals surface area (Å²) in [5.74, 6) is -0.0149. The Labute approximate surface area is 208 Å². The van der Waals surface area contributed by atoms with E-state index in [4.69, 9.17) is 24.5 Å². The summed E-state index contributed by atoms with van der Waals surface area (Å²) in [5.41, 5.74) is 1.56. The van der Waals surface area contributed by atoms with Crippen LogP contribution in [0.5, 0.6) is 0 Å². The molecule has 6 N–H and O–H groups in total. The van der Waals surface area contributed by atoms with Gasteiger partial charge in [0.2, 0.25) is 0 Å². The maximum atomic E-state index is 12.5. The smallest absolute Gasteiger partial charge is 0.350 e. The number of nitrogens with zero attached hydrogens (tertiary/aromatic N) is 2. The highest BCUT2D eigenvalue weighted by molar-refractivity contribution is 7.66. The third-order valence-corrected chi connectivity index (χ3v) is 8.05. The van der Waals surface area contributed by atoms with Gasteiger partial charge in [-0.1, -0.05) is 32.0 Å². The van der Waals surface area contributed by atoms with E-state index in [2.05, 4.69) is 44.6 Å². The third-order valence-electron chi connectivity index (χ3n) is 4.70. The number of phosphoric acid groups is 3. The van der Waals surface area contributed by atoms with E-state index in [1.807, 2.05) is 24.3 Å². The molecule has 0 fully saturated rings. The molecular formula is C19H32N3O11P3. The van der Waals surface area contributed by atoms with Crippen LogP contribution in [-0.4, -0.2) is 65.9 Å². The minimum Gasteiger partial charge on any atom is -0.350 e. The summed E-state index contributed by atoms with van der Waals surface area (Å²) in [6.45, 7) is 9.70. The highest BCUT2D eigenvalue weighted by Crippen LogP contribution is 2.64. The number of pyridine rings is 1. The molecule has 1 unspecified atom stereocenters. The molecule has 204 valence electrons. The Morgan fingerprint density at radius 2 is 1.56 bits per heavy atom. The number of hydrogen-bond donors (Lipinski definition) is 6. The molecule has 0 aliphatic heterocycles. The molecule has 14 nitrogen and oxygen atoms in total. The average molecular weight is 571 g/mol. The minimum atomic E-state index is -5.46. The molecule has 0 saturated carbocycles. The number of para-hydroxylation sites is 1. The van der Waals surface area contributed by atoms with Crippen LogP contribution in [-0.2, 0) is 22.3 Å². The van der Waals surface area contributed by atoms with E-state index in [-0.39, 0.29) is 11.9 Å². The molecule has 17 heteroatoms. The maximum absolute atomic E-state index is 12.5. The number of nitrogens with one attached hydrogen (secondary N) is 1. The van der Waals surface area contributed by atoms with Crippen molar-refractivity contribution >= 4 is 40.3 Å². The van der Waals surface area contributed by atoms with Gasteiger partial charge in [-0.05, 0) is 51.5 Å². The summed E-state index contributed by atoms with van der Waals surface area (Å²) >= 11 is 0. The molecule has 2 rings (SSSR count). The zero-order valence-corrected chi connectivity index (χ0v) is 22.7. The highest BCUT2D eigenvalue weighted by Gasteiger charge is 2.38. The molecule has 1 heterocycles. The summed E-state index contributed by atoms with van der Waals surface area (Å²) in [5, 5.41) is 4.02. The van der Waals surface area contributed by atoms with Crippen molar-refractivity contribution in [2.24, 2.45) is 0 Å². The van der Waals surface area contributed by atoms with Crippen LogP contribution >= 0.6 is 23.5 Å². The number of amides is 1. The topological polar surface area (TPSA) is 216 Å². The summed E-state index contributed by atoms with van der Waals surface area (Å²) in [6, 6.07) is 9.72. The first-order valence-corrected chi connectivity index (χ1v) is 15.4. The summed E-state index contributed by atoms with van der Waals surface area (Å²) in [7, 11) is -16.2. The van der Waals surface area contributed by atoms with Gasteiger partial charge in [-0.3, -0.25) is 9.78 Å². The lowest BCUT2D eigenvalue weighted by Crippen LogP contribution is -2.33. The van der Waals surface area contributed by atoms with Crippen molar-refractivity contribution in [2.75, 3.05) is 19.6 Å². The van der Waals surface area contributed by atoms with Crippen molar-refractivity contribution in [2.45, 2.75) is 39.7 Å². The predicted molar refractivity (Wildman–Crippen MR) is 132 cm³/mol. The van der Waals surface area contributed by atoms with Gasteiger partial charge in [0, 0.05) is 17.6 Å². The van der Waals surface area contributed by atoms with Gasteiger partial charge in [0.05, 0.1) is 11.1 Å². The van der Waals surface area contributed by atoms with E-state index in [9.17, 15) is 18.5 Å². The van der Waals surface area contributed by atoms with Crippen molar-refractivity contribution in [3.63, 3.8) is 0 Å². The van der Waals surface area contributed by atoms with Gasteiger partial charge in [-0.2, -0.15) is 8.62 Å². The van der Waals surface area contributed by atoms with Crippen LogP contribution in [0, 0.1) is 0 Å². The number of rotatable bonds is 12. The van der Waals surface area contributed by atoms with Gasteiger partial charge in [0.15, 0.2) is 0 Å². The van der Waals surface area contributed by atoms with Gasteiger partial charge in [0.25, 0.3) is 5.91 Å². The van der Waals surface area contributed by atoms with Crippen LogP contribution in [0.25, 0.3) is 10.9 Å². The fourth-order valence-electron chi connectivity index (χ4n) is 3.11. The van der Waals surface area contributed by atoms with Gasteiger partial charge in [-0.15, -0.1) is 0 Å². The third kappa shape index (κ3) is 13.1. The zero-order valence-electron chi connectivity index (χ0n) is 20.0. The van der Waals surface area contributed by atoms with E-state index in [1.54, 1.807) is 12.3 Å². The van der Waals surface area contributed by atoms with E-state index in [0.717, 1.165) is 43.4 Å². The molecule has 0 radical (unpaired) electrons. The van der Waals surface area contributed by atoms with Crippen LogP contribution < -0.4 is 5.32 Å². The van der Waals surface area contributed by atoms with Gasteiger partial charge in [-0.25, -0.2) is 13.7 Å². The molecule has 1 aromatic heterocycles. The Morgan fingerprint density at radius 1 is 1.00 bits per heavy atom. The number of benzene rings is 1. The second-order valence-corrected chi connectivity index (χ2v) is 11.7. The van der Waals surface area contributed by atoms with Gasteiger partial charge in [0.1, 0.15) is 0 Å². The number of hydrogen-bond acceptors (Lipinski definition) is 8. The van der Waals surface area contributed by atoms with Crippen LogP contribution in [0.15, 0.2) is 36.5 Å². The number of aromatic nitrogens is 1. The minimum absolute atomic E-state index is 0.0149. The highest BCUT2D eigenvalue weighted by atomic mass is 31.3. The van der Waals surface area contributed by atoms with Crippen molar-refractivity contribution < 1.29 is 51.6 Å². The Hall–Kier alpha value is -1.53. The molecule has 36 heavy (non-hydrogen) atoms. The summed E-state index contributed by atoms with van der Waals surface area (Å²) in [6.07, 6.45) is 3.79. The fourth-order valence-corrected chi connectivity index (χ4v) is 5.65. The normalized spacial score (nSPS) is 13.2. The van der Waals surface area contributed by atoms with Gasteiger partial charge < -0.3 is 34.7 Å². The standard InChI is InChI=1S/C19H27N3O.H5O10P3/c1-4-22(5-2)14-8-9-15(3)21-19(23)17-12-13-20-18-11-7-6-10-16(17)18;1-11(2,3)9-13(7,8)10-12(4,5)6/h6-7,10-13,15H,4-5,8-9,14H2,1-3H3,(H,21,23);(H,7,8)(H2,1,2,3)(H2,4,5,6). The molecule has 0 bridgehead atoms. The molecule has 0 saturated heterocycles. The summed E-state index contributed by atoms with van der Waals surface area (Å²) < 4.78 is 36.4. The van der Waals surface area contributed by atoms with Crippen molar-refractivity contribution in [3.05, 3.63) is 42.1 Å². The van der Waals surface area contributed by atoms with Gasteiger partial charge >= 0.3 is 23.5 Å². The van der Waals surface area contributed by atoms with Crippen LogP contribution in [0.4, 0.5) is 0 Å². The molecule has 0 spiro atoms. The molecule has 0 aliphatic carbocycles. The lowest BCUT2D eigenvalue weighted by Gasteiger charge is -2.20. The van der Waals surface area contributed by atoms with Crippen LogP contribution in [0.3, 0.4) is 0 Å². The Kier molecular flexibility index (Phi) is 13.0. The Balaban J connectivity index is 0.000000426. The fraction of sp³-hybridized carbons (Fsp3) is 0.474. The van der Waals surface area contributed by atoms with E-state index < -0.39 is 23.5 Å². The molecule has 2 aromatic rings. The first-order chi connectivity index (χ1) is 16.6. The molecule has 0 aliphatic rings. The number of carbonyl (C=O) groups is 1. The van der Waals surface area contributed by atoms with Crippen molar-refractivity contribution in [1.82, 2.24) is 15.2 Å². The Bertz CT molecular complexity index is 1100. The first-order valence-electron chi connectivity index (χ1n) is 10.8. The monoisotopic (exact) mass is 571 g/mol. The molecular weight excluding hydrogens is 539 g/mol. The van der Waals surface area contributed by atoms with E-state index in [0.29, 0.717) is 5.56 Å². The average Bonchev–Trinajstić information content (AvgIpc) is 2.73. The second kappa shape index (κ2) is 14.4. The Morgan fingerprint density at radius 3 is 2.08 bits per heavy atom. The van der Waals surface area contributed by atoms with E-state index >= 15 is 0 Å². The maximum Gasteiger partial charge on any atom is 0.490 e. The lowest BCUT2D eigenvalue weighted by atomic mass is 10.1. The second-order valence-electron chi connectivity index (χ2n) is 7.53. The zero-order chi connectivity index (χ0) is 27.6. The predicted octanol–water partition coefficient (Wildman–Crippen LogP) is 2.78. The first kappa shape index (κ1) is 32.5. The lowest BCUT2D eigenvalue weighted by molar-refractivity contribution is 0.0938. The number of carbonyl (C=O) groups excluding carboxylic acids is 1. The van der Waals surface area contributed by atoms with Crippen molar-refractivity contribution in [3.8, 4) is 0 Å². The number of fused-ring (bicyclic) bond motifs is 1. The SMILES string of the molecule is CCN(CC)CCCC(C)NC(=O)c1ccnc2ccccc12.O=P(O)(O)OP(=O)(O)OP(=O)(O)O.